The molecular formula is C19H27N3O2. The fourth-order valence-corrected chi connectivity index (χ4v) is 3.55. The Bertz CT molecular complexity index is 591. The van der Waals surface area contributed by atoms with Crippen LogP contribution < -0.4 is 10.2 Å². The predicted octanol–water partition coefficient (Wildman–Crippen LogP) is 2.87. The summed E-state index contributed by atoms with van der Waals surface area (Å²) in [5.74, 6) is -0.127. The molecule has 1 N–H and O–H groups in total. The number of nitrogens with one attached hydrogen (secondary N) is 1. The van der Waals surface area contributed by atoms with Crippen molar-refractivity contribution in [2.75, 3.05) is 29.9 Å². The lowest BCUT2D eigenvalue weighted by atomic mass is 9.92. The normalized spacial score (nSPS) is 20.8. The molecule has 2 aliphatic rings. The van der Waals surface area contributed by atoms with Gasteiger partial charge in [-0.15, -0.1) is 0 Å². The van der Waals surface area contributed by atoms with Gasteiger partial charge in [-0.1, -0.05) is 0 Å². The standard InChI is InChI=1S/C19H27N3O2/c1-3-21(4-2)16-10-8-15(9-11-16)20-19(24)14-12-18(23)22(13-14)17-6-5-7-17/h8-11,14,17H,3-7,12-13H2,1-2H3,(H,20,24). The maximum atomic E-state index is 12.5. The number of carbonyl (C=O) groups is 2. The Morgan fingerprint density at radius 1 is 1.21 bits per heavy atom. The summed E-state index contributed by atoms with van der Waals surface area (Å²) < 4.78 is 0. The molecule has 0 bridgehead atoms. The van der Waals surface area contributed by atoms with Crippen molar-refractivity contribution in [1.82, 2.24) is 4.90 Å². The molecule has 5 nitrogen and oxygen atoms in total. The summed E-state index contributed by atoms with van der Waals surface area (Å²) in [6, 6.07) is 8.31. The summed E-state index contributed by atoms with van der Waals surface area (Å²) in [5, 5.41) is 2.97. The number of rotatable bonds is 6. The SMILES string of the molecule is CCN(CC)c1ccc(NC(=O)C2CC(=O)N(C3CCC3)C2)cc1. The smallest absolute Gasteiger partial charge is 0.229 e. The monoisotopic (exact) mass is 329 g/mol. The van der Waals surface area contributed by atoms with Crippen molar-refractivity contribution in [3.63, 3.8) is 0 Å². The number of hydrogen-bond donors (Lipinski definition) is 1. The van der Waals surface area contributed by atoms with Gasteiger partial charge in [0, 0.05) is 43.5 Å². The van der Waals surface area contributed by atoms with Gasteiger partial charge in [0.2, 0.25) is 11.8 Å². The number of anilines is 2. The second-order valence-corrected chi connectivity index (χ2v) is 6.74. The van der Waals surface area contributed by atoms with Crippen LogP contribution in [0.5, 0.6) is 0 Å². The van der Waals surface area contributed by atoms with E-state index >= 15 is 0 Å². The molecule has 1 aromatic carbocycles. The van der Waals surface area contributed by atoms with Gasteiger partial charge in [0.05, 0.1) is 5.92 Å². The molecule has 1 saturated heterocycles. The van der Waals surface area contributed by atoms with Crippen molar-refractivity contribution in [2.45, 2.75) is 45.6 Å². The summed E-state index contributed by atoms with van der Waals surface area (Å²) in [4.78, 5) is 28.7. The first-order valence-electron chi connectivity index (χ1n) is 9.07. The minimum atomic E-state index is -0.222. The van der Waals surface area contributed by atoms with Crippen LogP contribution in [0.25, 0.3) is 0 Å². The van der Waals surface area contributed by atoms with Gasteiger partial charge in [-0.3, -0.25) is 9.59 Å². The van der Waals surface area contributed by atoms with Gasteiger partial charge < -0.3 is 15.1 Å². The second-order valence-electron chi connectivity index (χ2n) is 6.74. The molecule has 5 heteroatoms. The van der Waals surface area contributed by atoms with E-state index in [-0.39, 0.29) is 17.7 Å². The molecule has 2 fully saturated rings. The second kappa shape index (κ2) is 7.24. The van der Waals surface area contributed by atoms with Crippen LogP contribution in [0.2, 0.25) is 0 Å². The van der Waals surface area contributed by atoms with Gasteiger partial charge in [-0.2, -0.15) is 0 Å². The highest BCUT2D eigenvalue weighted by molar-refractivity contribution is 5.97. The molecule has 1 heterocycles. The van der Waals surface area contributed by atoms with E-state index in [0.29, 0.717) is 19.0 Å². The van der Waals surface area contributed by atoms with Crippen LogP contribution in [-0.2, 0) is 9.59 Å². The van der Waals surface area contributed by atoms with Crippen molar-refractivity contribution in [2.24, 2.45) is 5.92 Å². The summed E-state index contributed by atoms with van der Waals surface area (Å²) in [7, 11) is 0. The van der Waals surface area contributed by atoms with E-state index in [4.69, 9.17) is 0 Å². The zero-order chi connectivity index (χ0) is 17.1. The highest BCUT2D eigenvalue weighted by Gasteiger charge is 2.39. The lowest BCUT2D eigenvalue weighted by Gasteiger charge is -2.34. The van der Waals surface area contributed by atoms with Crippen LogP contribution in [0.1, 0.15) is 39.5 Å². The van der Waals surface area contributed by atoms with Gasteiger partial charge in [0.1, 0.15) is 0 Å². The Hall–Kier alpha value is -2.04. The van der Waals surface area contributed by atoms with Crippen LogP contribution in [0.4, 0.5) is 11.4 Å². The Morgan fingerprint density at radius 3 is 2.42 bits per heavy atom. The maximum absolute atomic E-state index is 12.5. The molecule has 3 rings (SSSR count). The zero-order valence-corrected chi connectivity index (χ0v) is 14.6. The van der Waals surface area contributed by atoms with Crippen LogP contribution >= 0.6 is 0 Å². The molecule has 2 amide bonds. The minimum absolute atomic E-state index is 0.0410. The summed E-state index contributed by atoms with van der Waals surface area (Å²) in [6.07, 6.45) is 3.73. The average molecular weight is 329 g/mol. The van der Waals surface area contributed by atoms with Gasteiger partial charge in [-0.05, 0) is 57.4 Å². The van der Waals surface area contributed by atoms with Gasteiger partial charge in [0.15, 0.2) is 0 Å². The number of benzene rings is 1. The Balaban J connectivity index is 1.57. The lowest BCUT2D eigenvalue weighted by Crippen LogP contribution is -2.41. The lowest BCUT2D eigenvalue weighted by molar-refractivity contribution is -0.131. The van der Waals surface area contributed by atoms with E-state index < -0.39 is 0 Å². The molecule has 1 unspecified atom stereocenters. The molecule has 1 atom stereocenters. The first-order chi connectivity index (χ1) is 11.6. The van der Waals surface area contributed by atoms with Crippen molar-refractivity contribution in [3.05, 3.63) is 24.3 Å². The van der Waals surface area contributed by atoms with E-state index in [1.54, 1.807) is 0 Å². The Morgan fingerprint density at radius 2 is 1.88 bits per heavy atom. The number of hydrogen-bond acceptors (Lipinski definition) is 3. The summed E-state index contributed by atoms with van der Waals surface area (Å²) in [5.41, 5.74) is 1.95. The molecule has 1 aliphatic heterocycles. The van der Waals surface area contributed by atoms with Gasteiger partial charge in [0.25, 0.3) is 0 Å². The molecule has 1 aromatic rings. The Labute approximate surface area is 144 Å². The molecule has 130 valence electrons. The van der Waals surface area contributed by atoms with E-state index in [9.17, 15) is 9.59 Å². The van der Waals surface area contributed by atoms with Crippen LogP contribution in [0.15, 0.2) is 24.3 Å². The fraction of sp³-hybridized carbons (Fsp3) is 0.579. The minimum Gasteiger partial charge on any atom is -0.372 e. The van der Waals surface area contributed by atoms with E-state index in [1.807, 2.05) is 29.2 Å². The quantitative estimate of drug-likeness (QED) is 0.873. The van der Waals surface area contributed by atoms with Crippen molar-refractivity contribution < 1.29 is 9.59 Å². The molecule has 1 aliphatic carbocycles. The third-order valence-electron chi connectivity index (χ3n) is 5.31. The zero-order valence-electron chi connectivity index (χ0n) is 14.6. The fourth-order valence-electron chi connectivity index (χ4n) is 3.55. The number of nitrogens with zero attached hydrogens (tertiary/aromatic N) is 2. The molecule has 24 heavy (non-hydrogen) atoms. The predicted molar refractivity (Wildman–Crippen MR) is 96.1 cm³/mol. The van der Waals surface area contributed by atoms with Crippen LogP contribution in [0, 0.1) is 5.92 Å². The van der Waals surface area contributed by atoms with Gasteiger partial charge >= 0.3 is 0 Å². The molecule has 1 saturated carbocycles. The topological polar surface area (TPSA) is 52.7 Å². The van der Waals surface area contributed by atoms with Gasteiger partial charge in [-0.25, -0.2) is 0 Å². The van der Waals surface area contributed by atoms with E-state index in [0.717, 1.165) is 37.3 Å². The largest absolute Gasteiger partial charge is 0.372 e. The first-order valence-corrected chi connectivity index (χ1v) is 9.07. The highest BCUT2D eigenvalue weighted by Crippen LogP contribution is 2.31. The molecule has 0 aromatic heterocycles. The number of likely N-dealkylation sites (tertiary alicyclic amines) is 1. The van der Waals surface area contributed by atoms with Crippen molar-refractivity contribution >= 4 is 23.2 Å². The van der Waals surface area contributed by atoms with E-state index in [1.165, 1.54) is 6.42 Å². The maximum Gasteiger partial charge on any atom is 0.229 e. The van der Waals surface area contributed by atoms with E-state index in [2.05, 4.69) is 24.1 Å². The number of carbonyl (C=O) groups excluding carboxylic acids is 2. The van der Waals surface area contributed by atoms with Crippen molar-refractivity contribution in [1.29, 1.82) is 0 Å². The molecule has 0 spiro atoms. The average Bonchev–Trinajstić information content (AvgIpc) is 2.90. The Kier molecular flexibility index (Phi) is 5.07. The van der Waals surface area contributed by atoms with Crippen molar-refractivity contribution in [3.8, 4) is 0 Å². The summed E-state index contributed by atoms with van der Waals surface area (Å²) in [6.45, 7) is 6.76. The third kappa shape index (κ3) is 3.40. The first kappa shape index (κ1) is 16.8. The van der Waals surface area contributed by atoms with Crippen LogP contribution in [0.3, 0.4) is 0 Å². The molecular weight excluding hydrogens is 302 g/mol. The van der Waals surface area contributed by atoms with Crippen LogP contribution in [-0.4, -0.2) is 42.4 Å². The third-order valence-corrected chi connectivity index (χ3v) is 5.31. The highest BCUT2D eigenvalue weighted by atomic mass is 16.2. The summed E-state index contributed by atoms with van der Waals surface area (Å²) >= 11 is 0. The number of amides is 2. The molecule has 0 radical (unpaired) electrons.